The molecule has 0 aromatic heterocycles. The van der Waals surface area contributed by atoms with Gasteiger partial charge in [-0.25, -0.2) is 0 Å². The highest BCUT2D eigenvalue weighted by molar-refractivity contribution is 5.81. The molecule has 0 amide bonds. The third-order valence-corrected chi connectivity index (χ3v) is 5.18. The Labute approximate surface area is 169 Å². The number of piperidine rings is 1. The summed E-state index contributed by atoms with van der Waals surface area (Å²) in [4.78, 5) is 7.13. The third kappa shape index (κ3) is 5.83. The second kappa shape index (κ2) is 10.3. The van der Waals surface area contributed by atoms with Gasteiger partial charge >= 0.3 is 0 Å². The molecule has 1 fully saturated rings. The van der Waals surface area contributed by atoms with Crippen molar-refractivity contribution in [3.05, 3.63) is 58.7 Å². The first-order valence-electron chi connectivity index (χ1n) is 10.2. The zero-order valence-corrected chi connectivity index (χ0v) is 17.4. The van der Waals surface area contributed by atoms with Crippen LogP contribution < -0.4 is 9.47 Å². The first-order chi connectivity index (χ1) is 13.7. The van der Waals surface area contributed by atoms with Crippen molar-refractivity contribution in [1.29, 1.82) is 0 Å². The van der Waals surface area contributed by atoms with Crippen molar-refractivity contribution in [2.45, 2.75) is 39.7 Å². The van der Waals surface area contributed by atoms with Crippen LogP contribution in [-0.2, 0) is 6.61 Å². The summed E-state index contributed by atoms with van der Waals surface area (Å²) in [6.07, 6.45) is 5.97. The number of hydrogen-bond donors (Lipinski definition) is 0. The van der Waals surface area contributed by atoms with Gasteiger partial charge in [0.1, 0.15) is 6.61 Å². The molecule has 1 aliphatic heterocycles. The van der Waals surface area contributed by atoms with Crippen molar-refractivity contribution in [3.63, 3.8) is 0 Å². The van der Waals surface area contributed by atoms with Crippen molar-refractivity contribution in [2.75, 3.05) is 33.3 Å². The summed E-state index contributed by atoms with van der Waals surface area (Å²) in [5.74, 6) is 1.56. The molecule has 1 aliphatic rings. The van der Waals surface area contributed by atoms with Gasteiger partial charge in [-0.3, -0.25) is 4.99 Å². The Morgan fingerprint density at radius 1 is 1.07 bits per heavy atom. The van der Waals surface area contributed by atoms with Crippen LogP contribution in [0.3, 0.4) is 0 Å². The molecule has 2 aromatic rings. The first-order valence-corrected chi connectivity index (χ1v) is 10.2. The van der Waals surface area contributed by atoms with Gasteiger partial charge in [0.15, 0.2) is 11.5 Å². The van der Waals surface area contributed by atoms with E-state index < -0.39 is 0 Å². The largest absolute Gasteiger partial charge is 0.493 e. The van der Waals surface area contributed by atoms with Crippen molar-refractivity contribution >= 4 is 6.21 Å². The summed E-state index contributed by atoms with van der Waals surface area (Å²) in [5, 5.41) is 0. The Morgan fingerprint density at radius 2 is 1.89 bits per heavy atom. The quantitative estimate of drug-likeness (QED) is 0.617. The monoisotopic (exact) mass is 380 g/mol. The van der Waals surface area contributed by atoms with Gasteiger partial charge in [-0.1, -0.05) is 36.2 Å². The van der Waals surface area contributed by atoms with Gasteiger partial charge in [-0.05, 0) is 68.6 Å². The average molecular weight is 381 g/mol. The average Bonchev–Trinajstić information content (AvgIpc) is 2.71. The maximum Gasteiger partial charge on any atom is 0.164 e. The molecule has 0 bridgehead atoms. The van der Waals surface area contributed by atoms with E-state index in [1.54, 1.807) is 7.11 Å². The van der Waals surface area contributed by atoms with Gasteiger partial charge in [-0.15, -0.1) is 0 Å². The predicted molar refractivity (Wildman–Crippen MR) is 116 cm³/mol. The van der Waals surface area contributed by atoms with Gasteiger partial charge < -0.3 is 14.4 Å². The van der Waals surface area contributed by atoms with E-state index >= 15 is 0 Å². The van der Waals surface area contributed by atoms with Crippen LogP contribution in [-0.4, -0.2) is 44.4 Å². The number of aryl methyl sites for hydroxylation is 2. The van der Waals surface area contributed by atoms with Gasteiger partial charge in [0.2, 0.25) is 0 Å². The molecule has 4 heteroatoms. The van der Waals surface area contributed by atoms with Crippen LogP contribution in [0.2, 0.25) is 0 Å². The Bertz CT molecular complexity index is 795. The highest BCUT2D eigenvalue weighted by atomic mass is 16.5. The summed E-state index contributed by atoms with van der Waals surface area (Å²) < 4.78 is 11.7. The normalized spacial score (nSPS) is 15.1. The van der Waals surface area contributed by atoms with E-state index in [2.05, 4.69) is 54.1 Å². The van der Waals surface area contributed by atoms with E-state index in [0.29, 0.717) is 6.61 Å². The van der Waals surface area contributed by atoms with Crippen LogP contribution in [0.25, 0.3) is 0 Å². The van der Waals surface area contributed by atoms with E-state index in [1.165, 1.54) is 37.9 Å². The van der Waals surface area contributed by atoms with Crippen LogP contribution >= 0.6 is 0 Å². The molecule has 0 atom stereocenters. The van der Waals surface area contributed by atoms with Gasteiger partial charge in [0, 0.05) is 12.8 Å². The molecule has 150 valence electrons. The second-order valence-corrected chi connectivity index (χ2v) is 7.58. The van der Waals surface area contributed by atoms with Gasteiger partial charge in [-0.2, -0.15) is 0 Å². The summed E-state index contributed by atoms with van der Waals surface area (Å²) in [5.41, 5.74) is 4.51. The smallest absolute Gasteiger partial charge is 0.164 e. The summed E-state index contributed by atoms with van der Waals surface area (Å²) in [7, 11) is 1.69. The number of aliphatic imine (C=N–C) groups is 1. The fourth-order valence-electron chi connectivity index (χ4n) is 3.69. The second-order valence-electron chi connectivity index (χ2n) is 7.58. The molecule has 0 spiro atoms. The Hall–Kier alpha value is -2.33. The minimum absolute atomic E-state index is 0.530. The van der Waals surface area contributed by atoms with Crippen LogP contribution in [0, 0.1) is 13.8 Å². The number of likely N-dealkylation sites (tertiary alicyclic amines) is 1. The number of rotatable bonds is 8. The highest BCUT2D eigenvalue weighted by Gasteiger charge is 2.11. The van der Waals surface area contributed by atoms with Crippen LogP contribution in [0.15, 0.2) is 41.4 Å². The van der Waals surface area contributed by atoms with Crippen molar-refractivity contribution < 1.29 is 9.47 Å². The minimum atomic E-state index is 0.530. The van der Waals surface area contributed by atoms with E-state index in [0.717, 1.165) is 41.3 Å². The lowest BCUT2D eigenvalue weighted by Crippen LogP contribution is -2.31. The minimum Gasteiger partial charge on any atom is -0.493 e. The van der Waals surface area contributed by atoms with Gasteiger partial charge in [0.25, 0.3) is 0 Å². The fourth-order valence-corrected chi connectivity index (χ4v) is 3.69. The van der Waals surface area contributed by atoms with Crippen molar-refractivity contribution in [3.8, 4) is 11.5 Å². The molecule has 3 rings (SSSR count). The molecule has 0 aliphatic carbocycles. The topological polar surface area (TPSA) is 34.1 Å². The zero-order valence-electron chi connectivity index (χ0n) is 17.4. The number of ether oxygens (including phenoxy) is 2. The maximum absolute atomic E-state index is 6.08. The lowest BCUT2D eigenvalue weighted by Gasteiger charge is -2.25. The maximum atomic E-state index is 6.08. The van der Waals surface area contributed by atoms with Crippen molar-refractivity contribution in [2.24, 2.45) is 4.99 Å². The first kappa shape index (κ1) is 20.4. The molecule has 28 heavy (non-hydrogen) atoms. The summed E-state index contributed by atoms with van der Waals surface area (Å²) >= 11 is 0. The summed E-state index contributed by atoms with van der Waals surface area (Å²) in [6, 6.07) is 12.5. The summed E-state index contributed by atoms with van der Waals surface area (Å²) in [6.45, 7) is 9.00. The van der Waals surface area contributed by atoms with E-state index in [4.69, 9.17) is 9.47 Å². The van der Waals surface area contributed by atoms with Crippen LogP contribution in [0.5, 0.6) is 11.5 Å². The molecule has 4 nitrogen and oxygen atoms in total. The molecular formula is C24H32N2O2. The SMILES string of the molecule is COc1cc(C=NCCN2CCCCC2)cc(C)c1OCc1cccc(C)c1. The number of hydrogen-bond acceptors (Lipinski definition) is 4. The molecule has 0 radical (unpaired) electrons. The third-order valence-electron chi connectivity index (χ3n) is 5.18. The lowest BCUT2D eigenvalue weighted by atomic mass is 10.1. The predicted octanol–water partition coefficient (Wildman–Crippen LogP) is 4.80. The Balaban J connectivity index is 1.61. The van der Waals surface area contributed by atoms with E-state index in [-0.39, 0.29) is 0 Å². The van der Waals surface area contributed by atoms with E-state index in [1.807, 2.05) is 12.3 Å². The van der Waals surface area contributed by atoms with Crippen molar-refractivity contribution in [1.82, 2.24) is 4.90 Å². The van der Waals surface area contributed by atoms with E-state index in [9.17, 15) is 0 Å². The zero-order chi connectivity index (χ0) is 19.8. The van der Waals surface area contributed by atoms with Crippen LogP contribution in [0.4, 0.5) is 0 Å². The molecular weight excluding hydrogens is 348 g/mol. The highest BCUT2D eigenvalue weighted by Crippen LogP contribution is 2.32. The number of methoxy groups -OCH3 is 1. The Morgan fingerprint density at radius 3 is 2.64 bits per heavy atom. The fraction of sp³-hybridized carbons (Fsp3) is 0.458. The van der Waals surface area contributed by atoms with Gasteiger partial charge in [0.05, 0.1) is 13.7 Å². The molecule has 0 unspecified atom stereocenters. The van der Waals surface area contributed by atoms with Crippen LogP contribution in [0.1, 0.15) is 41.5 Å². The molecule has 0 saturated carbocycles. The molecule has 1 heterocycles. The lowest BCUT2D eigenvalue weighted by molar-refractivity contribution is 0.235. The number of benzene rings is 2. The molecule has 0 N–H and O–H groups in total. The molecule has 1 saturated heterocycles. The number of nitrogens with zero attached hydrogens (tertiary/aromatic N) is 2. The Kier molecular flexibility index (Phi) is 7.49. The molecule has 2 aromatic carbocycles. The standard InChI is InChI=1S/C24H32N2O2/c1-19-8-7-9-21(14-19)18-28-24-20(2)15-22(16-23(24)27-3)17-25-10-13-26-11-5-4-6-12-26/h7-9,14-17H,4-6,10-13,18H2,1-3H3.